The van der Waals surface area contributed by atoms with Crippen LogP contribution in [-0.2, 0) is 4.74 Å². The molecule has 0 aliphatic rings. The summed E-state index contributed by atoms with van der Waals surface area (Å²) < 4.78 is 5.68. The molecule has 1 heterocycles. The van der Waals surface area contributed by atoms with Gasteiger partial charge in [-0.2, -0.15) is 0 Å². The van der Waals surface area contributed by atoms with Crippen LogP contribution in [0.2, 0.25) is 5.15 Å². The Hall–Kier alpha value is -0.390. The van der Waals surface area contributed by atoms with Crippen molar-refractivity contribution in [3.05, 3.63) is 16.0 Å². The second-order valence-electron chi connectivity index (χ2n) is 2.72. The van der Waals surface area contributed by atoms with Gasteiger partial charge in [-0.15, -0.1) is 0 Å². The first-order valence-electron chi connectivity index (χ1n) is 4.03. The number of anilines is 1. The van der Waals surface area contributed by atoms with Crippen LogP contribution < -0.4 is 4.90 Å². The van der Waals surface area contributed by atoms with Crippen molar-refractivity contribution in [2.75, 3.05) is 32.2 Å². The van der Waals surface area contributed by atoms with Crippen molar-refractivity contribution < 1.29 is 4.74 Å². The number of hydrogen-bond acceptors (Lipinski definition) is 4. The van der Waals surface area contributed by atoms with E-state index in [4.69, 9.17) is 16.3 Å². The Morgan fingerprint density at radius 2 is 2.29 bits per heavy atom. The van der Waals surface area contributed by atoms with E-state index in [2.05, 4.69) is 25.9 Å². The molecule has 4 nitrogen and oxygen atoms in total. The molecule has 0 radical (unpaired) electrons. The van der Waals surface area contributed by atoms with Crippen LogP contribution in [0, 0.1) is 0 Å². The number of halogens is 2. The third-order valence-corrected chi connectivity index (χ3v) is 2.97. The highest BCUT2D eigenvalue weighted by Gasteiger charge is 2.10. The lowest BCUT2D eigenvalue weighted by atomic mass is 10.5. The summed E-state index contributed by atoms with van der Waals surface area (Å²) in [6.07, 6.45) is 1.44. The van der Waals surface area contributed by atoms with Gasteiger partial charge in [-0.05, 0) is 15.9 Å². The van der Waals surface area contributed by atoms with E-state index in [0.717, 1.165) is 12.4 Å². The van der Waals surface area contributed by atoms with Gasteiger partial charge in [0.1, 0.15) is 17.3 Å². The summed E-state index contributed by atoms with van der Waals surface area (Å²) in [5, 5.41) is 0.416. The van der Waals surface area contributed by atoms with E-state index >= 15 is 0 Å². The van der Waals surface area contributed by atoms with Gasteiger partial charge in [-0.1, -0.05) is 11.6 Å². The second-order valence-corrected chi connectivity index (χ2v) is 3.87. The number of likely N-dealkylation sites (N-methyl/N-ethyl adjacent to an activating group) is 1. The molecular formula is C8H11BrClN3O. The van der Waals surface area contributed by atoms with Gasteiger partial charge in [0, 0.05) is 20.7 Å². The summed E-state index contributed by atoms with van der Waals surface area (Å²) in [7, 11) is 3.58. The van der Waals surface area contributed by atoms with Crippen molar-refractivity contribution in [1.82, 2.24) is 9.97 Å². The summed E-state index contributed by atoms with van der Waals surface area (Å²) in [5.41, 5.74) is 0. The fourth-order valence-electron chi connectivity index (χ4n) is 0.940. The van der Waals surface area contributed by atoms with Gasteiger partial charge in [-0.3, -0.25) is 0 Å². The Bertz CT molecular complexity index is 311. The second kappa shape index (κ2) is 5.48. The molecule has 0 aliphatic carbocycles. The molecule has 0 aliphatic heterocycles. The molecule has 1 rings (SSSR count). The lowest BCUT2D eigenvalue weighted by Crippen LogP contribution is -2.23. The Morgan fingerprint density at radius 1 is 1.57 bits per heavy atom. The molecule has 14 heavy (non-hydrogen) atoms. The van der Waals surface area contributed by atoms with Gasteiger partial charge in [0.2, 0.25) is 0 Å². The van der Waals surface area contributed by atoms with Gasteiger partial charge in [0.05, 0.1) is 11.1 Å². The standard InChI is InChI=1S/C8H11BrClN3O/c1-13(3-4-14-2)8-6(9)7(10)11-5-12-8/h5H,3-4H2,1-2H3. The number of aromatic nitrogens is 2. The van der Waals surface area contributed by atoms with Crippen LogP contribution in [0.1, 0.15) is 0 Å². The minimum atomic E-state index is 0.416. The molecule has 0 saturated heterocycles. The zero-order valence-corrected chi connectivity index (χ0v) is 10.3. The molecule has 78 valence electrons. The van der Waals surface area contributed by atoms with E-state index < -0.39 is 0 Å². The molecule has 0 saturated carbocycles. The topological polar surface area (TPSA) is 38.2 Å². The highest BCUT2D eigenvalue weighted by molar-refractivity contribution is 9.10. The molecule has 0 fully saturated rings. The molecule has 0 atom stereocenters. The minimum Gasteiger partial charge on any atom is -0.383 e. The van der Waals surface area contributed by atoms with E-state index in [0.29, 0.717) is 16.2 Å². The molecule has 0 aromatic carbocycles. The maximum Gasteiger partial charge on any atom is 0.148 e. The first kappa shape index (κ1) is 11.7. The summed E-state index contributed by atoms with van der Waals surface area (Å²) in [4.78, 5) is 9.92. The van der Waals surface area contributed by atoms with Crippen molar-refractivity contribution in [3.8, 4) is 0 Å². The summed E-state index contributed by atoms with van der Waals surface area (Å²) in [6, 6.07) is 0. The van der Waals surface area contributed by atoms with Crippen LogP contribution in [0.3, 0.4) is 0 Å². The van der Waals surface area contributed by atoms with Gasteiger partial charge in [0.25, 0.3) is 0 Å². The fourth-order valence-corrected chi connectivity index (χ4v) is 1.58. The van der Waals surface area contributed by atoms with Gasteiger partial charge in [-0.25, -0.2) is 9.97 Å². The molecule has 6 heteroatoms. The van der Waals surface area contributed by atoms with Crippen molar-refractivity contribution in [1.29, 1.82) is 0 Å². The maximum atomic E-state index is 5.84. The molecule has 1 aromatic rings. The molecular weight excluding hydrogens is 269 g/mol. The average molecular weight is 281 g/mol. The van der Waals surface area contributed by atoms with Crippen LogP contribution in [0.15, 0.2) is 10.8 Å². The van der Waals surface area contributed by atoms with Crippen molar-refractivity contribution in [2.45, 2.75) is 0 Å². The van der Waals surface area contributed by atoms with Crippen LogP contribution >= 0.6 is 27.5 Å². The number of nitrogens with zero attached hydrogens (tertiary/aromatic N) is 3. The quantitative estimate of drug-likeness (QED) is 0.791. The molecule has 0 bridgehead atoms. The molecule has 0 unspecified atom stereocenters. The van der Waals surface area contributed by atoms with Crippen LogP contribution in [0.25, 0.3) is 0 Å². The largest absolute Gasteiger partial charge is 0.383 e. The van der Waals surface area contributed by atoms with Crippen molar-refractivity contribution >= 4 is 33.3 Å². The van der Waals surface area contributed by atoms with Crippen molar-refractivity contribution in [2.24, 2.45) is 0 Å². The van der Waals surface area contributed by atoms with Crippen LogP contribution in [-0.4, -0.2) is 37.3 Å². The van der Waals surface area contributed by atoms with E-state index in [1.54, 1.807) is 7.11 Å². The first-order valence-corrected chi connectivity index (χ1v) is 5.20. The lowest BCUT2D eigenvalue weighted by molar-refractivity contribution is 0.206. The van der Waals surface area contributed by atoms with E-state index in [9.17, 15) is 0 Å². The maximum absolute atomic E-state index is 5.84. The highest BCUT2D eigenvalue weighted by Crippen LogP contribution is 2.27. The Morgan fingerprint density at radius 3 is 2.93 bits per heavy atom. The predicted molar refractivity (Wildman–Crippen MR) is 59.9 cm³/mol. The summed E-state index contributed by atoms with van der Waals surface area (Å²) in [5.74, 6) is 0.766. The zero-order valence-electron chi connectivity index (χ0n) is 8.00. The third kappa shape index (κ3) is 2.80. The van der Waals surface area contributed by atoms with Gasteiger partial charge < -0.3 is 9.64 Å². The smallest absolute Gasteiger partial charge is 0.148 e. The summed E-state index contributed by atoms with van der Waals surface area (Å²) >= 11 is 9.17. The van der Waals surface area contributed by atoms with Crippen LogP contribution in [0.4, 0.5) is 5.82 Å². The molecule has 0 amide bonds. The number of ether oxygens (including phenoxy) is 1. The fraction of sp³-hybridized carbons (Fsp3) is 0.500. The Labute approximate surface area is 96.4 Å². The normalized spacial score (nSPS) is 10.3. The lowest BCUT2D eigenvalue weighted by Gasteiger charge is -2.18. The minimum absolute atomic E-state index is 0.416. The monoisotopic (exact) mass is 279 g/mol. The van der Waals surface area contributed by atoms with E-state index in [1.165, 1.54) is 6.33 Å². The number of hydrogen-bond donors (Lipinski definition) is 0. The van der Waals surface area contributed by atoms with Gasteiger partial charge in [0.15, 0.2) is 0 Å². The highest BCUT2D eigenvalue weighted by atomic mass is 79.9. The Kier molecular flexibility index (Phi) is 4.57. The first-order chi connectivity index (χ1) is 6.66. The Balaban J connectivity index is 2.79. The van der Waals surface area contributed by atoms with E-state index in [-0.39, 0.29) is 0 Å². The summed E-state index contributed by atoms with van der Waals surface area (Å²) in [6.45, 7) is 1.40. The number of methoxy groups -OCH3 is 1. The molecule has 0 N–H and O–H groups in total. The van der Waals surface area contributed by atoms with E-state index in [1.807, 2.05) is 11.9 Å². The number of rotatable bonds is 4. The van der Waals surface area contributed by atoms with Crippen molar-refractivity contribution in [3.63, 3.8) is 0 Å². The SMILES string of the molecule is COCCN(C)c1ncnc(Cl)c1Br. The van der Waals surface area contributed by atoms with Gasteiger partial charge >= 0.3 is 0 Å². The zero-order chi connectivity index (χ0) is 10.6. The molecule has 0 spiro atoms. The third-order valence-electron chi connectivity index (χ3n) is 1.72. The molecule has 1 aromatic heterocycles. The van der Waals surface area contributed by atoms with Crippen LogP contribution in [0.5, 0.6) is 0 Å². The average Bonchev–Trinajstić information content (AvgIpc) is 2.18. The predicted octanol–water partition coefficient (Wildman–Crippen LogP) is 1.98.